The lowest BCUT2D eigenvalue weighted by Crippen LogP contribution is -2.51. The van der Waals surface area contributed by atoms with E-state index in [4.69, 9.17) is 14.2 Å². The number of hydrogen-bond donors (Lipinski definition) is 1. The van der Waals surface area contributed by atoms with Gasteiger partial charge in [0.2, 0.25) is 5.91 Å². The molecule has 1 aliphatic heterocycles. The molecule has 0 aliphatic carbocycles. The zero-order valence-electron chi connectivity index (χ0n) is 17.6. The number of morpholine rings is 1. The van der Waals surface area contributed by atoms with Crippen LogP contribution < -0.4 is 10.1 Å². The van der Waals surface area contributed by atoms with E-state index in [1.54, 1.807) is 30.7 Å². The number of rotatable bonds is 9. The number of imidazole rings is 1. The molecule has 160 valence electrons. The van der Waals surface area contributed by atoms with Crippen LogP contribution in [0.5, 0.6) is 5.75 Å². The first-order valence-corrected chi connectivity index (χ1v) is 9.81. The summed E-state index contributed by atoms with van der Waals surface area (Å²) < 4.78 is 18.8. The van der Waals surface area contributed by atoms with E-state index in [2.05, 4.69) is 10.3 Å². The lowest BCUT2D eigenvalue weighted by Gasteiger charge is -2.36. The van der Waals surface area contributed by atoms with Crippen LogP contribution >= 0.6 is 0 Å². The highest BCUT2D eigenvalue weighted by atomic mass is 16.5. The Hall–Kier alpha value is -3.10. The SMILES string of the molecule is CN/C=C\C(Oc1ccc(-n2ccnc2)cc1)=C(/C)C1COCC(=O)N1CCOC. The van der Waals surface area contributed by atoms with E-state index in [0.717, 1.165) is 11.3 Å². The van der Waals surface area contributed by atoms with Crippen molar-refractivity contribution in [2.24, 2.45) is 0 Å². The van der Waals surface area contributed by atoms with Crippen molar-refractivity contribution in [3.05, 3.63) is 66.6 Å². The van der Waals surface area contributed by atoms with Crippen molar-refractivity contribution in [3.8, 4) is 11.4 Å². The van der Waals surface area contributed by atoms with Crippen LogP contribution in [-0.2, 0) is 14.3 Å². The van der Waals surface area contributed by atoms with E-state index in [0.29, 0.717) is 31.3 Å². The number of aromatic nitrogens is 2. The number of allylic oxidation sites excluding steroid dienone is 1. The molecule has 1 fully saturated rings. The Bertz CT molecular complexity index is 875. The summed E-state index contributed by atoms with van der Waals surface area (Å²) in [5.74, 6) is 1.30. The first-order chi connectivity index (χ1) is 14.6. The molecule has 3 rings (SSSR count). The minimum atomic E-state index is -0.219. The Morgan fingerprint density at radius 3 is 2.83 bits per heavy atom. The van der Waals surface area contributed by atoms with Crippen molar-refractivity contribution in [1.82, 2.24) is 19.8 Å². The molecule has 0 spiro atoms. The summed E-state index contributed by atoms with van der Waals surface area (Å²) in [4.78, 5) is 18.3. The maximum atomic E-state index is 12.4. The van der Waals surface area contributed by atoms with Crippen LogP contribution in [0, 0.1) is 0 Å². The number of ether oxygens (including phenoxy) is 3. The monoisotopic (exact) mass is 412 g/mol. The Balaban J connectivity index is 1.85. The Morgan fingerprint density at radius 2 is 2.17 bits per heavy atom. The van der Waals surface area contributed by atoms with Gasteiger partial charge < -0.3 is 29.0 Å². The van der Waals surface area contributed by atoms with Crippen LogP contribution in [0.15, 0.2) is 66.6 Å². The minimum absolute atomic E-state index is 0.0516. The molecule has 0 radical (unpaired) electrons. The molecule has 1 aromatic carbocycles. The molecular formula is C22H28N4O4. The van der Waals surface area contributed by atoms with Gasteiger partial charge in [0.15, 0.2) is 0 Å². The summed E-state index contributed by atoms with van der Waals surface area (Å²) >= 11 is 0. The van der Waals surface area contributed by atoms with E-state index in [1.165, 1.54) is 0 Å². The second-order valence-electron chi connectivity index (χ2n) is 6.85. The fraction of sp³-hybridized carbons (Fsp3) is 0.364. The highest BCUT2D eigenvalue weighted by Crippen LogP contribution is 2.24. The normalized spacial score (nSPS) is 17.9. The molecule has 8 heteroatoms. The summed E-state index contributed by atoms with van der Waals surface area (Å²) in [6.07, 6.45) is 9.02. The van der Waals surface area contributed by atoms with E-state index >= 15 is 0 Å². The first-order valence-electron chi connectivity index (χ1n) is 9.81. The summed E-state index contributed by atoms with van der Waals surface area (Å²) in [6.45, 7) is 3.44. The summed E-state index contributed by atoms with van der Waals surface area (Å²) in [7, 11) is 3.45. The van der Waals surface area contributed by atoms with Gasteiger partial charge in [-0.3, -0.25) is 4.79 Å². The molecule has 8 nitrogen and oxygen atoms in total. The molecule has 1 N–H and O–H groups in total. The maximum Gasteiger partial charge on any atom is 0.249 e. The first kappa shape index (κ1) is 21.6. The van der Waals surface area contributed by atoms with Crippen molar-refractivity contribution in [2.45, 2.75) is 13.0 Å². The smallest absolute Gasteiger partial charge is 0.249 e. The van der Waals surface area contributed by atoms with Crippen molar-refractivity contribution in [3.63, 3.8) is 0 Å². The molecule has 1 saturated heterocycles. The number of nitrogens with zero attached hydrogens (tertiary/aromatic N) is 3. The Labute approximate surface area is 176 Å². The fourth-order valence-electron chi connectivity index (χ4n) is 3.23. The fourth-order valence-corrected chi connectivity index (χ4v) is 3.23. The topological polar surface area (TPSA) is 77.8 Å². The van der Waals surface area contributed by atoms with Crippen LogP contribution in [0.2, 0.25) is 0 Å². The lowest BCUT2D eigenvalue weighted by atomic mass is 10.0. The number of hydrogen-bond acceptors (Lipinski definition) is 6. The third-order valence-corrected chi connectivity index (χ3v) is 4.89. The van der Waals surface area contributed by atoms with E-state index < -0.39 is 0 Å². The third-order valence-electron chi connectivity index (χ3n) is 4.89. The van der Waals surface area contributed by atoms with Crippen LogP contribution in [0.25, 0.3) is 5.69 Å². The number of carbonyl (C=O) groups excluding carboxylic acids is 1. The van der Waals surface area contributed by atoms with Gasteiger partial charge in [0.25, 0.3) is 0 Å². The standard InChI is InChI=1S/C22H28N4O4/c1-17(20-14-29-15-22(27)26(20)12-13-28-3)21(8-9-23-2)30-19-6-4-18(5-7-19)25-11-10-24-16-25/h4-11,16,20,23H,12-15H2,1-3H3/b9-8-,21-17-. The summed E-state index contributed by atoms with van der Waals surface area (Å²) in [5, 5.41) is 2.99. The molecule has 0 saturated carbocycles. The van der Waals surface area contributed by atoms with Crippen molar-refractivity contribution < 1.29 is 19.0 Å². The zero-order valence-corrected chi connectivity index (χ0v) is 17.6. The number of benzene rings is 1. The van der Waals surface area contributed by atoms with E-state index in [9.17, 15) is 4.79 Å². The van der Waals surface area contributed by atoms with Gasteiger partial charge in [-0.1, -0.05) is 0 Å². The average molecular weight is 412 g/mol. The summed E-state index contributed by atoms with van der Waals surface area (Å²) in [6, 6.07) is 7.51. The zero-order chi connectivity index (χ0) is 21.3. The molecule has 1 unspecified atom stereocenters. The molecule has 0 bridgehead atoms. The van der Waals surface area contributed by atoms with Gasteiger partial charge in [-0.25, -0.2) is 4.98 Å². The minimum Gasteiger partial charge on any atom is -0.457 e. The van der Waals surface area contributed by atoms with Crippen LogP contribution in [0.3, 0.4) is 0 Å². The Morgan fingerprint density at radius 1 is 1.37 bits per heavy atom. The molecule has 1 amide bonds. The van der Waals surface area contributed by atoms with Crippen LogP contribution in [-0.4, -0.2) is 66.9 Å². The van der Waals surface area contributed by atoms with Crippen LogP contribution in [0.4, 0.5) is 0 Å². The predicted octanol–water partition coefficient (Wildman–Crippen LogP) is 2.13. The molecular weight excluding hydrogens is 384 g/mol. The van der Waals surface area contributed by atoms with Gasteiger partial charge in [0.1, 0.15) is 18.1 Å². The third kappa shape index (κ3) is 5.28. The number of nitrogens with one attached hydrogen (secondary N) is 1. The predicted molar refractivity (Wildman–Crippen MR) is 113 cm³/mol. The molecule has 1 aromatic heterocycles. The van der Waals surface area contributed by atoms with Crippen molar-refractivity contribution in [2.75, 3.05) is 40.5 Å². The molecule has 1 aliphatic rings. The lowest BCUT2D eigenvalue weighted by molar-refractivity contribution is -0.147. The highest BCUT2D eigenvalue weighted by molar-refractivity contribution is 5.79. The highest BCUT2D eigenvalue weighted by Gasteiger charge is 2.31. The van der Waals surface area contributed by atoms with Crippen molar-refractivity contribution >= 4 is 5.91 Å². The number of carbonyl (C=O) groups is 1. The second kappa shape index (κ2) is 10.6. The van der Waals surface area contributed by atoms with Gasteiger partial charge in [0, 0.05) is 38.8 Å². The molecule has 30 heavy (non-hydrogen) atoms. The average Bonchev–Trinajstić information content (AvgIpc) is 3.30. The maximum absolute atomic E-state index is 12.4. The van der Waals surface area contributed by atoms with Crippen molar-refractivity contribution in [1.29, 1.82) is 0 Å². The van der Waals surface area contributed by atoms with Gasteiger partial charge in [-0.05, 0) is 49.0 Å². The quantitative estimate of drug-likeness (QED) is 0.502. The van der Waals surface area contributed by atoms with E-state index in [1.807, 2.05) is 55.1 Å². The number of methoxy groups -OCH3 is 1. The van der Waals surface area contributed by atoms with Gasteiger partial charge in [-0.2, -0.15) is 0 Å². The van der Waals surface area contributed by atoms with E-state index in [-0.39, 0.29) is 18.6 Å². The van der Waals surface area contributed by atoms with Gasteiger partial charge >= 0.3 is 0 Å². The largest absolute Gasteiger partial charge is 0.457 e. The van der Waals surface area contributed by atoms with Gasteiger partial charge in [-0.15, -0.1) is 0 Å². The number of amides is 1. The molecule has 2 heterocycles. The van der Waals surface area contributed by atoms with Crippen LogP contribution in [0.1, 0.15) is 6.92 Å². The molecule has 2 aromatic rings. The molecule has 1 atom stereocenters. The second-order valence-corrected chi connectivity index (χ2v) is 6.85. The van der Waals surface area contributed by atoms with Gasteiger partial charge in [0.05, 0.1) is 25.6 Å². The Kier molecular flexibility index (Phi) is 7.64. The summed E-state index contributed by atoms with van der Waals surface area (Å²) in [5.41, 5.74) is 1.90.